The highest BCUT2D eigenvalue weighted by molar-refractivity contribution is 6.05. The van der Waals surface area contributed by atoms with Crippen molar-refractivity contribution >= 4 is 28.4 Å². The first-order chi connectivity index (χ1) is 14.5. The number of aryl methyl sites for hydroxylation is 2. The first kappa shape index (κ1) is 19.5. The average molecular weight is 408 g/mol. The third kappa shape index (κ3) is 3.48. The van der Waals surface area contributed by atoms with Gasteiger partial charge in [0.15, 0.2) is 5.82 Å². The van der Waals surface area contributed by atoms with E-state index in [1.54, 1.807) is 49.1 Å². The SMILES string of the molecule is COCCCn1c(=N)c(C(=O)Nc2cc(C)on2)cc2c(=O)n3ccccc3nc21. The van der Waals surface area contributed by atoms with Crippen LogP contribution in [0.15, 0.2) is 45.8 Å². The number of hydrogen-bond acceptors (Lipinski definition) is 7. The van der Waals surface area contributed by atoms with E-state index in [1.807, 2.05) is 0 Å². The maximum Gasteiger partial charge on any atom is 0.267 e. The van der Waals surface area contributed by atoms with Gasteiger partial charge in [-0.2, -0.15) is 0 Å². The fraction of sp³-hybridized carbons (Fsp3) is 0.250. The lowest BCUT2D eigenvalue weighted by molar-refractivity contribution is 0.102. The number of amides is 1. The number of rotatable bonds is 6. The van der Waals surface area contributed by atoms with Gasteiger partial charge in [-0.05, 0) is 31.5 Å². The molecule has 0 bridgehead atoms. The topological polar surface area (TPSA) is 128 Å². The van der Waals surface area contributed by atoms with Crippen molar-refractivity contribution in [1.82, 2.24) is 19.1 Å². The van der Waals surface area contributed by atoms with E-state index in [0.29, 0.717) is 36.6 Å². The Hall–Kier alpha value is -3.79. The largest absolute Gasteiger partial charge is 0.385 e. The van der Waals surface area contributed by atoms with Gasteiger partial charge in [0.1, 0.15) is 22.5 Å². The summed E-state index contributed by atoms with van der Waals surface area (Å²) in [6, 6.07) is 8.21. The normalized spacial score (nSPS) is 11.3. The van der Waals surface area contributed by atoms with Gasteiger partial charge in [-0.15, -0.1) is 0 Å². The van der Waals surface area contributed by atoms with Gasteiger partial charge in [0.2, 0.25) is 0 Å². The van der Waals surface area contributed by atoms with Crippen LogP contribution in [0.4, 0.5) is 5.82 Å². The maximum absolute atomic E-state index is 13.1. The molecule has 4 aromatic heterocycles. The number of anilines is 1. The molecular weight excluding hydrogens is 388 g/mol. The predicted molar refractivity (Wildman–Crippen MR) is 108 cm³/mol. The van der Waals surface area contributed by atoms with Crippen LogP contribution >= 0.6 is 0 Å². The quantitative estimate of drug-likeness (QED) is 0.369. The van der Waals surface area contributed by atoms with E-state index in [2.05, 4.69) is 15.5 Å². The number of hydrogen-bond donors (Lipinski definition) is 2. The van der Waals surface area contributed by atoms with Gasteiger partial charge in [0.25, 0.3) is 11.5 Å². The molecule has 154 valence electrons. The lowest BCUT2D eigenvalue weighted by Crippen LogP contribution is -2.32. The zero-order chi connectivity index (χ0) is 21.3. The number of methoxy groups -OCH3 is 1. The second-order valence-corrected chi connectivity index (χ2v) is 6.76. The smallest absolute Gasteiger partial charge is 0.267 e. The standard InChI is InChI=1S/C20H20N6O4/c1-12-10-15(24-30-12)22-19(27)13-11-14-18(26(17(13)21)8-5-9-29-2)23-16-6-3-4-7-25(16)20(14)28/h3-4,6-7,10-11,21H,5,8-9H2,1-2H3,(H,22,24,27). The summed E-state index contributed by atoms with van der Waals surface area (Å²) in [5, 5.41) is 15.2. The number of aromatic nitrogens is 4. The van der Waals surface area contributed by atoms with Gasteiger partial charge >= 0.3 is 0 Å². The Morgan fingerprint density at radius 1 is 1.33 bits per heavy atom. The highest BCUT2D eigenvalue weighted by Crippen LogP contribution is 2.13. The molecule has 2 N–H and O–H groups in total. The summed E-state index contributed by atoms with van der Waals surface area (Å²) in [5.41, 5.74) is 0.479. The summed E-state index contributed by atoms with van der Waals surface area (Å²) < 4.78 is 13.0. The second-order valence-electron chi connectivity index (χ2n) is 6.76. The Balaban J connectivity index is 1.91. The minimum absolute atomic E-state index is 0.0374. The van der Waals surface area contributed by atoms with Crippen molar-refractivity contribution in [2.45, 2.75) is 19.9 Å². The molecule has 10 nitrogen and oxygen atoms in total. The first-order valence-corrected chi connectivity index (χ1v) is 9.32. The van der Waals surface area contributed by atoms with Crippen molar-refractivity contribution in [3.05, 3.63) is 63.7 Å². The third-order valence-corrected chi connectivity index (χ3v) is 4.66. The van der Waals surface area contributed by atoms with Gasteiger partial charge < -0.3 is 19.1 Å². The van der Waals surface area contributed by atoms with Crippen LogP contribution in [0.25, 0.3) is 16.7 Å². The molecule has 0 aliphatic carbocycles. The van der Waals surface area contributed by atoms with Gasteiger partial charge in [-0.1, -0.05) is 11.2 Å². The summed E-state index contributed by atoms with van der Waals surface area (Å²) in [7, 11) is 1.59. The first-order valence-electron chi connectivity index (χ1n) is 9.32. The van der Waals surface area contributed by atoms with Gasteiger partial charge in [-0.25, -0.2) is 4.98 Å². The van der Waals surface area contributed by atoms with Gasteiger partial charge in [0, 0.05) is 32.5 Å². The van der Waals surface area contributed by atoms with Crippen molar-refractivity contribution in [1.29, 1.82) is 5.41 Å². The van der Waals surface area contributed by atoms with Crippen molar-refractivity contribution in [3.63, 3.8) is 0 Å². The number of nitrogens with one attached hydrogen (secondary N) is 2. The van der Waals surface area contributed by atoms with Crippen molar-refractivity contribution in [2.75, 3.05) is 19.0 Å². The summed E-state index contributed by atoms with van der Waals surface area (Å²) in [4.78, 5) is 30.5. The van der Waals surface area contributed by atoms with Crippen molar-refractivity contribution in [3.8, 4) is 0 Å². The summed E-state index contributed by atoms with van der Waals surface area (Å²) in [6.07, 6.45) is 2.21. The molecule has 30 heavy (non-hydrogen) atoms. The Labute approximate surface area is 170 Å². The van der Waals surface area contributed by atoms with E-state index in [0.717, 1.165) is 0 Å². The molecule has 4 rings (SSSR count). The van der Waals surface area contributed by atoms with Crippen LogP contribution in [0.5, 0.6) is 0 Å². The molecule has 1 amide bonds. The van der Waals surface area contributed by atoms with Crippen molar-refractivity contribution in [2.24, 2.45) is 0 Å². The van der Waals surface area contributed by atoms with Crippen LogP contribution in [0.3, 0.4) is 0 Å². The monoisotopic (exact) mass is 408 g/mol. The van der Waals surface area contributed by atoms with E-state index in [1.165, 1.54) is 10.5 Å². The highest BCUT2D eigenvalue weighted by Gasteiger charge is 2.18. The fourth-order valence-electron chi connectivity index (χ4n) is 3.25. The van der Waals surface area contributed by atoms with E-state index < -0.39 is 5.91 Å². The molecule has 10 heteroatoms. The lowest BCUT2D eigenvalue weighted by Gasteiger charge is -2.14. The zero-order valence-corrected chi connectivity index (χ0v) is 16.5. The Bertz CT molecular complexity index is 1370. The zero-order valence-electron chi connectivity index (χ0n) is 16.5. The van der Waals surface area contributed by atoms with Crippen LogP contribution in [0, 0.1) is 12.3 Å². The van der Waals surface area contributed by atoms with E-state index in [-0.39, 0.29) is 27.8 Å². The lowest BCUT2D eigenvalue weighted by atomic mass is 10.2. The van der Waals surface area contributed by atoms with E-state index >= 15 is 0 Å². The number of pyridine rings is 2. The van der Waals surface area contributed by atoms with Crippen LogP contribution in [-0.4, -0.2) is 38.7 Å². The molecule has 0 atom stereocenters. The Morgan fingerprint density at radius 2 is 2.17 bits per heavy atom. The number of nitrogens with zero attached hydrogens (tertiary/aromatic N) is 4. The number of fused-ring (bicyclic) bond motifs is 2. The highest BCUT2D eigenvalue weighted by atomic mass is 16.5. The molecule has 0 spiro atoms. The number of carbonyl (C=O) groups excluding carboxylic acids is 1. The molecule has 4 aromatic rings. The average Bonchev–Trinajstić information content (AvgIpc) is 3.14. The molecule has 0 aromatic carbocycles. The molecular formula is C20H20N6O4. The van der Waals surface area contributed by atoms with Crippen LogP contribution in [-0.2, 0) is 11.3 Å². The molecule has 0 saturated heterocycles. The number of carbonyl (C=O) groups is 1. The van der Waals surface area contributed by atoms with E-state index in [9.17, 15) is 9.59 Å². The molecule has 0 fully saturated rings. The van der Waals surface area contributed by atoms with Gasteiger partial charge in [0.05, 0.1) is 10.9 Å². The molecule has 0 aliphatic heterocycles. The number of ether oxygens (including phenoxy) is 1. The third-order valence-electron chi connectivity index (χ3n) is 4.66. The maximum atomic E-state index is 13.1. The van der Waals surface area contributed by atoms with Crippen LogP contribution in [0.2, 0.25) is 0 Å². The fourth-order valence-corrected chi connectivity index (χ4v) is 3.25. The summed E-state index contributed by atoms with van der Waals surface area (Å²) in [5.74, 6) is 0.211. The Morgan fingerprint density at radius 3 is 2.90 bits per heavy atom. The second kappa shape index (κ2) is 7.91. The molecule has 0 unspecified atom stereocenters. The van der Waals surface area contributed by atoms with E-state index in [4.69, 9.17) is 14.7 Å². The van der Waals surface area contributed by atoms with Crippen LogP contribution in [0.1, 0.15) is 22.5 Å². The van der Waals surface area contributed by atoms with Crippen molar-refractivity contribution < 1.29 is 14.1 Å². The molecule has 0 saturated carbocycles. The minimum Gasteiger partial charge on any atom is -0.385 e. The predicted octanol–water partition coefficient (Wildman–Crippen LogP) is 1.71. The molecule has 0 aliphatic rings. The molecule has 4 heterocycles. The molecule has 0 radical (unpaired) electrons. The van der Waals surface area contributed by atoms with Gasteiger partial charge in [-0.3, -0.25) is 19.4 Å². The summed E-state index contributed by atoms with van der Waals surface area (Å²) in [6.45, 7) is 2.54. The minimum atomic E-state index is -0.562. The van der Waals surface area contributed by atoms with Crippen LogP contribution < -0.4 is 16.4 Å². The Kier molecular flexibility index (Phi) is 5.15. The summed E-state index contributed by atoms with van der Waals surface area (Å²) >= 11 is 0.